The minimum atomic E-state index is -3.24. The maximum Gasteiger partial charge on any atom is 0.387 e. The lowest BCUT2D eigenvalue weighted by atomic mass is 9.78. The van der Waals surface area contributed by atoms with E-state index >= 15 is 0 Å². The summed E-state index contributed by atoms with van der Waals surface area (Å²) in [6.07, 6.45) is 8.98. The molecular weight excluding hydrogens is 308 g/mol. The van der Waals surface area contributed by atoms with Crippen molar-refractivity contribution in [1.82, 2.24) is 0 Å². The van der Waals surface area contributed by atoms with Crippen molar-refractivity contribution in [2.75, 3.05) is 0 Å². The van der Waals surface area contributed by atoms with E-state index in [0.29, 0.717) is 23.8 Å². The first kappa shape index (κ1) is 17.8. The van der Waals surface area contributed by atoms with Crippen LogP contribution < -0.4 is 4.74 Å². The fourth-order valence-electron chi connectivity index (χ4n) is 3.32. The zero-order valence-electron chi connectivity index (χ0n) is 13.0. The van der Waals surface area contributed by atoms with Crippen LogP contribution in [0, 0.1) is 23.5 Å². The average molecular weight is 330 g/mol. The lowest BCUT2D eigenvalue weighted by Crippen LogP contribution is -2.14. The molecule has 0 bridgehead atoms. The van der Waals surface area contributed by atoms with Crippen LogP contribution in [0.2, 0.25) is 0 Å². The van der Waals surface area contributed by atoms with Gasteiger partial charge in [0, 0.05) is 0 Å². The van der Waals surface area contributed by atoms with Gasteiger partial charge in [-0.2, -0.15) is 8.78 Å². The van der Waals surface area contributed by atoms with Gasteiger partial charge in [-0.05, 0) is 61.6 Å². The molecule has 1 nitrogen and oxygen atoms in total. The van der Waals surface area contributed by atoms with Crippen LogP contribution in [0.4, 0.5) is 17.6 Å². The second kappa shape index (κ2) is 8.37. The number of ether oxygens (including phenoxy) is 1. The summed E-state index contributed by atoms with van der Waals surface area (Å²) >= 11 is 0. The molecule has 0 radical (unpaired) electrons. The molecule has 23 heavy (non-hydrogen) atoms. The number of halogens is 4. The Morgan fingerprint density at radius 3 is 2.17 bits per heavy atom. The third-order valence-corrected chi connectivity index (χ3v) is 4.57. The Bertz CT molecular complexity index is 499. The molecule has 0 unspecified atom stereocenters. The van der Waals surface area contributed by atoms with Crippen molar-refractivity contribution < 1.29 is 22.3 Å². The summed E-state index contributed by atoms with van der Waals surface area (Å²) in [6, 6.07) is 2.17. The van der Waals surface area contributed by atoms with Crippen molar-refractivity contribution in [1.29, 1.82) is 0 Å². The van der Waals surface area contributed by atoms with Crippen molar-refractivity contribution in [3.8, 4) is 5.75 Å². The molecule has 1 aliphatic rings. The topological polar surface area (TPSA) is 9.23 Å². The SMILES string of the molecule is C=CC[C@H]1CC[C@H](CCc2cc(F)c(OC(F)F)c(F)c2)CC1. The number of benzene rings is 1. The smallest absolute Gasteiger partial charge is 0.387 e. The van der Waals surface area contributed by atoms with Crippen molar-refractivity contribution in [3.63, 3.8) is 0 Å². The fourth-order valence-corrected chi connectivity index (χ4v) is 3.32. The fraction of sp³-hybridized carbons (Fsp3) is 0.556. The number of aryl methyl sites for hydroxylation is 1. The minimum absolute atomic E-state index is 0.481. The van der Waals surface area contributed by atoms with Gasteiger partial charge in [-0.15, -0.1) is 6.58 Å². The van der Waals surface area contributed by atoms with Crippen molar-refractivity contribution in [3.05, 3.63) is 42.0 Å². The van der Waals surface area contributed by atoms with Gasteiger partial charge in [-0.1, -0.05) is 18.9 Å². The summed E-state index contributed by atoms with van der Waals surface area (Å²) in [7, 11) is 0. The zero-order valence-corrected chi connectivity index (χ0v) is 13.0. The molecule has 0 aromatic heterocycles. The highest BCUT2D eigenvalue weighted by Gasteiger charge is 2.21. The monoisotopic (exact) mass is 330 g/mol. The summed E-state index contributed by atoms with van der Waals surface area (Å²) < 4.78 is 55.4. The Morgan fingerprint density at radius 2 is 1.65 bits per heavy atom. The molecule has 1 aromatic rings. The molecule has 0 spiro atoms. The maximum atomic E-state index is 13.7. The highest BCUT2D eigenvalue weighted by Crippen LogP contribution is 2.34. The highest BCUT2D eigenvalue weighted by molar-refractivity contribution is 5.31. The Hall–Kier alpha value is -1.52. The molecule has 0 saturated heterocycles. The van der Waals surface area contributed by atoms with Crippen LogP contribution in [-0.4, -0.2) is 6.61 Å². The van der Waals surface area contributed by atoms with E-state index in [1.807, 2.05) is 6.08 Å². The van der Waals surface area contributed by atoms with Gasteiger partial charge in [-0.3, -0.25) is 0 Å². The molecule has 1 saturated carbocycles. The molecular formula is C18H22F4O. The van der Waals surface area contributed by atoms with Gasteiger partial charge in [0.1, 0.15) is 0 Å². The van der Waals surface area contributed by atoms with Gasteiger partial charge >= 0.3 is 6.61 Å². The van der Waals surface area contributed by atoms with Gasteiger partial charge in [0.25, 0.3) is 0 Å². The van der Waals surface area contributed by atoms with E-state index in [9.17, 15) is 17.6 Å². The number of rotatable bonds is 7. The summed E-state index contributed by atoms with van der Waals surface area (Å²) in [5.74, 6) is -1.89. The first-order valence-corrected chi connectivity index (χ1v) is 8.03. The number of hydrogen-bond donors (Lipinski definition) is 0. The van der Waals surface area contributed by atoms with E-state index in [1.165, 1.54) is 12.8 Å². The van der Waals surface area contributed by atoms with E-state index in [2.05, 4.69) is 11.3 Å². The van der Waals surface area contributed by atoms with E-state index < -0.39 is 24.0 Å². The molecule has 2 rings (SSSR count). The lowest BCUT2D eigenvalue weighted by molar-refractivity contribution is -0.0546. The van der Waals surface area contributed by atoms with Crippen molar-refractivity contribution in [2.45, 2.75) is 51.6 Å². The van der Waals surface area contributed by atoms with Crippen molar-refractivity contribution >= 4 is 0 Å². The molecule has 128 valence electrons. The van der Waals surface area contributed by atoms with Gasteiger partial charge in [0.15, 0.2) is 17.4 Å². The van der Waals surface area contributed by atoms with Crippen LogP contribution >= 0.6 is 0 Å². The predicted molar refractivity (Wildman–Crippen MR) is 81.6 cm³/mol. The molecule has 1 aliphatic carbocycles. The van der Waals surface area contributed by atoms with Gasteiger partial charge < -0.3 is 4.74 Å². The zero-order chi connectivity index (χ0) is 16.8. The van der Waals surface area contributed by atoms with Gasteiger partial charge in [-0.25, -0.2) is 8.78 Å². The summed E-state index contributed by atoms with van der Waals surface area (Å²) in [5, 5.41) is 0. The molecule has 0 aliphatic heterocycles. The Kier molecular flexibility index (Phi) is 6.48. The third kappa shape index (κ3) is 5.26. The first-order valence-electron chi connectivity index (χ1n) is 8.03. The molecule has 5 heteroatoms. The maximum absolute atomic E-state index is 13.7. The normalized spacial score (nSPS) is 21.4. The second-order valence-corrected chi connectivity index (χ2v) is 6.22. The third-order valence-electron chi connectivity index (χ3n) is 4.57. The van der Waals surface area contributed by atoms with Crippen LogP contribution in [-0.2, 0) is 6.42 Å². The second-order valence-electron chi connectivity index (χ2n) is 6.22. The largest absolute Gasteiger partial charge is 0.429 e. The number of allylic oxidation sites excluding steroid dienone is 1. The summed E-state index contributed by atoms with van der Waals surface area (Å²) in [6.45, 7) is 0.523. The van der Waals surface area contributed by atoms with Gasteiger partial charge in [0.05, 0.1) is 0 Å². The molecule has 1 fully saturated rings. The van der Waals surface area contributed by atoms with Crippen LogP contribution in [0.1, 0.15) is 44.1 Å². The van der Waals surface area contributed by atoms with E-state index in [-0.39, 0.29) is 0 Å². The van der Waals surface area contributed by atoms with E-state index in [0.717, 1.165) is 37.8 Å². The molecule has 0 amide bonds. The first-order chi connectivity index (χ1) is 11.0. The minimum Gasteiger partial charge on any atom is -0.429 e. The molecule has 0 heterocycles. The standard InChI is InChI=1S/C18H22F4O/c1-2-3-12-4-6-13(7-5-12)8-9-14-10-15(19)17(16(20)11-14)23-18(21)22/h2,10-13,18H,1,3-9H2/t12-,13-. The van der Waals surface area contributed by atoms with Crippen LogP contribution in [0.25, 0.3) is 0 Å². The van der Waals surface area contributed by atoms with Crippen LogP contribution in [0.15, 0.2) is 24.8 Å². The number of alkyl halides is 2. The Labute approximate surface area is 134 Å². The molecule has 1 aromatic carbocycles. The van der Waals surface area contributed by atoms with Crippen LogP contribution in [0.5, 0.6) is 5.75 Å². The number of hydrogen-bond acceptors (Lipinski definition) is 1. The molecule has 0 N–H and O–H groups in total. The molecule has 0 atom stereocenters. The highest BCUT2D eigenvalue weighted by atomic mass is 19.3. The Morgan fingerprint density at radius 1 is 1.09 bits per heavy atom. The Balaban J connectivity index is 1.88. The lowest BCUT2D eigenvalue weighted by Gasteiger charge is -2.27. The quantitative estimate of drug-likeness (QED) is 0.448. The van der Waals surface area contributed by atoms with E-state index in [4.69, 9.17) is 0 Å². The predicted octanol–water partition coefficient (Wildman–Crippen LogP) is 5.88. The summed E-state index contributed by atoms with van der Waals surface area (Å²) in [4.78, 5) is 0. The van der Waals surface area contributed by atoms with Crippen LogP contribution in [0.3, 0.4) is 0 Å². The van der Waals surface area contributed by atoms with Crippen molar-refractivity contribution in [2.24, 2.45) is 11.8 Å². The van der Waals surface area contributed by atoms with E-state index in [1.54, 1.807) is 0 Å². The average Bonchev–Trinajstić information content (AvgIpc) is 2.50. The van der Waals surface area contributed by atoms with Gasteiger partial charge in [0.2, 0.25) is 0 Å². The summed E-state index contributed by atoms with van der Waals surface area (Å²) in [5.41, 5.74) is 0.481.